The number of nitrogens with zero attached hydrogens (tertiary/aromatic N) is 4. The van der Waals surface area contributed by atoms with Crippen molar-refractivity contribution in [2.45, 2.75) is 71.6 Å². The minimum absolute atomic E-state index is 0.0639. The zero-order chi connectivity index (χ0) is 27.0. The van der Waals surface area contributed by atoms with Crippen LogP contribution in [0.5, 0.6) is 0 Å². The van der Waals surface area contributed by atoms with Gasteiger partial charge in [0.05, 0.1) is 0 Å². The Morgan fingerprint density at radius 3 is 2.10 bits per heavy atom. The summed E-state index contributed by atoms with van der Waals surface area (Å²) in [6.07, 6.45) is 16.5. The van der Waals surface area contributed by atoms with Gasteiger partial charge in [-0.15, -0.1) is 0 Å². The van der Waals surface area contributed by atoms with Gasteiger partial charge in [-0.25, -0.2) is 10.9 Å². The van der Waals surface area contributed by atoms with Gasteiger partial charge in [-0.05, 0) is 111 Å². The number of carbonyl (C=O) groups is 2. The molecule has 2 heterocycles. The second kappa shape index (κ2) is 10.3. The Labute approximate surface area is 230 Å². The average molecular weight is 527 g/mol. The lowest BCUT2D eigenvalue weighted by molar-refractivity contribution is -0.0815. The van der Waals surface area contributed by atoms with E-state index in [0.29, 0.717) is 40.2 Å². The van der Waals surface area contributed by atoms with Crippen LogP contribution < -0.4 is 10.9 Å². The molecule has 4 fully saturated rings. The van der Waals surface area contributed by atoms with Crippen LogP contribution >= 0.6 is 0 Å². The number of pyridine rings is 2. The summed E-state index contributed by atoms with van der Waals surface area (Å²) in [7, 11) is 0. The molecule has 0 unspecified atom stereocenters. The summed E-state index contributed by atoms with van der Waals surface area (Å²) in [4.78, 5) is 33.0. The number of rotatable bonds is 4. The third-order valence-corrected chi connectivity index (χ3v) is 10.7. The third-order valence-electron chi connectivity index (χ3n) is 10.7. The minimum Gasteiger partial charge on any atom is -0.267 e. The SMILES string of the molecule is C[C@]12CC/C(=N/NC(=O)c3ccncc3)C[C@@H]1CC[C@@H]1[C@@H]2CC[C@]2(C)/C(=N/NC(=O)c3ccncc3)CC[C@@H]12. The molecule has 0 aromatic carbocycles. The maximum atomic E-state index is 12.6. The molecule has 2 N–H and O–H groups in total. The first-order chi connectivity index (χ1) is 18.9. The molecule has 4 aliphatic rings. The number of hydrogen-bond donors (Lipinski definition) is 2. The predicted octanol–water partition coefficient (Wildman–Crippen LogP) is 5.39. The van der Waals surface area contributed by atoms with Crippen molar-refractivity contribution in [3.05, 3.63) is 60.2 Å². The Morgan fingerprint density at radius 2 is 1.44 bits per heavy atom. The lowest BCUT2D eigenvalue weighted by Crippen LogP contribution is -2.53. The van der Waals surface area contributed by atoms with Crippen LogP contribution in [-0.2, 0) is 0 Å². The van der Waals surface area contributed by atoms with Crippen LogP contribution in [0, 0.1) is 34.5 Å². The highest BCUT2D eigenvalue weighted by molar-refractivity contribution is 5.97. The van der Waals surface area contributed by atoms with E-state index in [-0.39, 0.29) is 17.2 Å². The first-order valence-corrected chi connectivity index (χ1v) is 14.4. The fourth-order valence-electron chi connectivity index (χ4n) is 8.52. The number of carbonyl (C=O) groups excluding carboxylic acids is 2. The average Bonchev–Trinajstić information content (AvgIpc) is 3.31. The van der Waals surface area contributed by atoms with Crippen LogP contribution in [0.1, 0.15) is 92.4 Å². The molecule has 0 aliphatic heterocycles. The number of aromatic nitrogens is 2. The van der Waals surface area contributed by atoms with Crippen LogP contribution in [0.4, 0.5) is 0 Å². The van der Waals surface area contributed by atoms with Crippen LogP contribution in [0.15, 0.2) is 59.3 Å². The zero-order valence-electron chi connectivity index (χ0n) is 22.9. The Morgan fingerprint density at radius 1 is 0.795 bits per heavy atom. The molecule has 0 spiro atoms. The smallest absolute Gasteiger partial charge is 0.267 e. The molecular formula is C31H38N6O2. The van der Waals surface area contributed by atoms with Gasteiger partial charge >= 0.3 is 0 Å². The van der Waals surface area contributed by atoms with E-state index in [0.717, 1.165) is 44.2 Å². The van der Waals surface area contributed by atoms with Gasteiger partial charge in [-0.2, -0.15) is 10.2 Å². The van der Waals surface area contributed by atoms with Crippen molar-refractivity contribution < 1.29 is 9.59 Å². The van der Waals surface area contributed by atoms with Gasteiger partial charge in [-0.1, -0.05) is 13.8 Å². The second-order valence-corrected chi connectivity index (χ2v) is 12.4. The molecule has 204 valence electrons. The fourth-order valence-corrected chi connectivity index (χ4v) is 8.52. The third kappa shape index (κ3) is 4.68. The fraction of sp³-hybridized carbons (Fsp3) is 0.548. The molecule has 8 nitrogen and oxygen atoms in total. The van der Waals surface area contributed by atoms with Gasteiger partial charge in [0.2, 0.25) is 0 Å². The van der Waals surface area contributed by atoms with Crippen LogP contribution in [0.25, 0.3) is 0 Å². The van der Waals surface area contributed by atoms with Gasteiger partial charge in [0, 0.05) is 52.8 Å². The summed E-state index contributed by atoms with van der Waals surface area (Å²) in [5, 5.41) is 9.26. The lowest BCUT2D eigenvalue weighted by atomic mass is 9.45. The summed E-state index contributed by atoms with van der Waals surface area (Å²) >= 11 is 0. The molecule has 8 heteroatoms. The minimum atomic E-state index is -0.177. The molecule has 0 saturated heterocycles. The standard InChI is InChI=1S/C31H38N6O2/c1-30-13-7-23(34-36-28(38)20-9-15-32-16-10-20)19-22(30)3-4-24-25-5-6-27(31(25,2)14-8-26(24)30)35-37-29(39)21-11-17-33-18-12-21/h9-12,15-18,22,24-26H,3-8,13-14,19H2,1-2H3,(H,36,38)(H,37,39)/b34-23-,35-27+/t22-,24-,25-,26-,30-,31-/m0/s1. The highest BCUT2D eigenvalue weighted by atomic mass is 16.2. The van der Waals surface area contributed by atoms with Crippen molar-refractivity contribution in [3.8, 4) is 0 Å². The zero-order valence-corrected chi connectivity index (χ0v) is 22.9. The predicted molar refractivity (Wildman–Crippen MR) is 150 cm³/mol. The molecule has 0 radical (unpaired) electrons. The van der Waals surface area contributed by atoms with E-state index in [1.807, 2.05) is 0 Å². The highest BCUT2D eigenvalue weighted by Gasteiger charge is 2.59. The topological polar surface area (TPSA) is 109 Å². The van der Waals surface area contributed by atoms with E-state index >= 15 is 0 Å². The first-order valence-electron chi connectivity index (χ1n) is 14.4. The molecule has 2 amide bonds. The molecule has 39 heavy (non-hydrogen) atoms. The van der Waals surface area contributed by atoms with Crippen molar-refractivity contribution in [2.24, 2.45) is 44.7 Å². The van der Waals surface area contributed by atoms with Crippen molar-refractivity contribution in [1.29, 1.82) is 0 Å². The van der Waals surface area contributed by atoms with Crippen LogP contribution in [0.3, 0.4) is 0 Å². The van der Waals surface area contributed by atoms with Gasteiger partial charge in [0.25, 0.3) is 11.8 Å². The van der Waals surface area contributed by atoms with E-state index in [4.69, 9.17) is 5.10 Å². The monoisotopic (exact) mass is 526 g/mol. The maximum absolute atomic E-state index is 12.6. The van der Waals surface area contributed by atoms with Crippen LogP contribution in [-0.4, -0.2) is 33.2 Å². The molecule has 6 rings (SSSR count). The Kier molecular flexibility index (Phi) is 6.81. The Hall–Kier alpha value is -3.42. The maximum Gasteiger partial charge on any atom is 0.271 e. The molecule has 2 aromatic heterocycles. The second-order valence-electron chi connectivity index (χ2n) is 12.4. The highest BCUT2D eigenvalue weighted by Crippen LogP contribution is 2.65. The first kappa shape index (κ1) is 25.8. The summed E-state index contributed by atoms with van der Waals surface area (Å²) < 4.78 is 0. The molecule has 6 atom stereocenters. The molecule has 2 aromatic rings. The van der Waals surface area contributed by atoms with Gasteiger partial charge in [-0.3, -0.25) is 19.6 Å². The normalized spacial score (nSPS) is 35.5. The Bertz CT molecular complexity index is 1290. The number of hydrogen-bond acceptors (Lipinski definition) is 6. The molecule has 4 saturated carbocycles. The summed E-state index contributed by atoms with van der Waals surface area (Å²) in [6.45, 7) is 4.92. The van der Waals surface area contributed by atoms with Crippen molar-refractivity contribution in [1.82, 2.24) is 20.8 Å². The lowest BCUT2D eigenvalue weighted by Gasteiger charge is -2.59. The number of fused-ring (bicyclic) bond motifs is 5. The molecular weight excluding hydrogens is 488 g/mol. The van der Waals surface area contributed by atoms with Gasteiger partial charge in [0.1, 0.15) is 0 Å². The largest absolute Gasteiger partial charge is 0.271 e. The van der Waals surface area contributed by atoms with Gasteiger partial charge < -0.3 is 0 Å². The number of hydrazone groups is 2. The van der Waals surface area contributed by atoms with E-state index in [1.54, 1.807) is 49.1 Å². The van der Waals surface area contributed by atoms with Crippen LogP contribution in [0.2, 0.25) is 0 Å². The van der Waals surface area contributed by atoms with E-state index in [2.05, 4.69) is 39.8 Å². The summed E-state index contributed by atoms with van der Waals surface area (Å²) in [5.74, 6) is 2.31. The van der Waals surface area contributed by atoms with Crippen molar-refractivity contribution in [2.75, 3.05) is 0 Å². The van der Waals surface area contributed by atoms with E-state index < -0.39 is 0 Å². The van der Waals surface area contributed by atoms with Crippen molar-refractivity contribution in [3.63, 3.8) is 0 Å². The summed E-state index contributed by atoms with van der Waals surface area (Å²) in [5.41, 5.74) is 9.45. The number of nitrogens with one attached hydrogen (secondary N) is 2. The quantitative estimate of drug-likeness (QED) is 0.521. The van der Waals surface area contributed by atoms with Crippen molar-refractivity contribution >= 4 is 23.2 Å². The Balaban J connectivity index is 1.12. The van der Waals surface area contributed by atoms with E-state index in [1.165, 1.54) is 25.0 Å². The van der Waals surface area contributed by atoms with Gasteiger partial charge in [0.15, 0.2) is 0 Å². The van der Waals surface area contributed by atoms with E-state index in [9.17, 15) is 9.59 Å². The molecule has 0 bridgehead atoms. The summed E-state index contributed by atoms with van der Waals surface area (Å²) in [6, 6.07) is 6.85. The molecule has 4 aliphatic carbocycles. The number of amides is 2.